The summed E-state index contributed by atoms with van der Waals surface area (Å²) in [4.78, 5) is 0. The molecule has 0 radical (unpaired) electrons. The molecule has 0 aliphatic rings. The number of ether oxygens (including phenoxy) is 1. The van der Waals surface area contributed by atoms with E-state index in [0.29, 0.717) is 11.7 Å². The van der Waals surface area contributed by atoms with Crippen LogP contribution in [-0.4, -0.2) is 12.2 Å². The third kappa shape index (κ3) is 4.23. The van der Waals surface area contributed by atoms with Gasteiger partial charge in [0.1, 0.15) is 0 Å². The average molecular weight is 285 g/mol. The van der Waals surface area contributed by atoms with E-state index in [1.165, 1.54) is 11.1 Å². The molecule has 0 aliphatic heterocycles. The average Bonchev–Trinajstić information content (AvgIpc) is 2.49. The van der Waals surface area contributed by atoms with E-state index >= 15 is 0 Å². The lowest BCUT2D eigenvalue weighted by molar-refractivity contribution is 0.373. The molecule has 0 aliphatic carbocycles. The van der Waals surface area contributed by atoms with Crippen LogP contribution in [0.3, 0.4) is 0 Å². The van der Waals surface area contributed by atoms with E-state index in [0.717, 1.165) is 18.7 Å². The van der Waals surface area contributed by atoms with Crippen molar-refractivity contribution in [3.05, 3.63) is 59.2 Å². The Bertz CT molecular complexity index is 576. The fraction of sp³-hybridized carbons (Fsp3) is 0.333. The number of hydrogen-bond acceptors (Lipinski definition) is 3. The van der Waals surface area contributed by atoms with Gasteiger partial charge in [-0.15, -0.1) is 0 Å². The topological polar surface area (TPSA) is 41.5 Å². The first kappa shape index (κ1) is 15.4. The fourth-order valence-corrected chi connectivity index (χ4v) is 2.20. The molecule has 0 aromatic heterocycles. The van der Waals surface area contributed by atoms with Crippen molar-refractivity contribution in [2.24, 2.45) is 0 Å². The Kier molecular flexibility index (Phi) is 5.23. The van der Waals surface area contributed by atoms with E-state index < -0.39 is 0 Å². The van der Waals surface area contributed by atoms with Crippen LogP contribution in [0.25, 0.3) is 0 Å². The highest BCUT2D eigenvalue weighted by molar-refractivity contribution is 5.41. The van der Waals surface area contributed by atoms with Crippen LogP contribution in [0.4, 0.5) is 0 Å². The lowest BCUT2D eigenvalue weighted by atomic mass is 10.0. The Labute approximate surface area is 126 Å². The second kappa shape index (κ2) is 7.14. The summed E-state index contributed by atoms with van der Waals surface area (Å²) in [6.07, 6.45) is 0. The summed E-state index contributed by atoms with van der Waals surface area (Å²) in [5, 5.41) is 13.0. The molecule has 21 heavy (non-hydrogen) atoms. The molecule has 0 spiro atoms. The van der Waals surface area contributed by atoms with E-state index in [1.54, 1.807) is 13.2 Å². The highest BCUT2D eigenvalue weighted by atomic mass is 16.5. The second-order valence-electron chi connectivity index (χ2n) is 5.51. The van der Waals surface area contributed by atoms with Gasteiger partial charge in [-0.05, 0) is 34.7 Å². The molecule has 0 heterocycles. The number of methoxy groups -OCH3 is 1. The number of phenolic OH excluding ortho intramolecular Hbond substituents is 1. The van der Waals surface area contributed by atoms with Gasteiger partial charge in [0.2, 0.25) is 0 Å². The molecule has 2 aromatic rings. The molecule has 0 fully saturated rings. The van der Waals surface area contributed by atoms with Crippen LogP contribution in [0.15, 0.2) is 42.5 Å². The van der Waals surface area contributed by atoms with Crippen molar-refractivity contribution < 1.29 is 9.84 Å². The first-order chi connectivity index (χ1) is 10.1. The van der Waals surface area contributed by atoms with E-state index in [9.17, 15) is 5.11 Å². The molecule has 112 valence electrons. The first-order valence-electron chi connectivity index (χ1n) is 7.25. The molecule has 3 heteroatoms. The molecule has 0 saturated heterocycles. The smallest absolute Gasteiger partial charge is 0.160 e. The Morgan fingerprint density at radius 3 is 2.24 bits per heavy atom. The van der Waals surface area contributed by atoms with Crippen molar-refractivity contribution in [3.8, 4) is 11.5 Å². The number of benzene rings is 2. The fourth-order valence-electron chi connectivity index (χ4n) is 2.20. The second-order valence-corrected chi connectivity index (χ2v) is 5.51. The van der Waals surface area contributed by atoms with Gasteiger partial charge in [-0.25, -0.2) is 0 Å². The molecule has 3 nitrogen and oxygen atoms in total. The van der Waals surface area contributed by atoms with Gasteiger partial charge in [-0.3, -0.25) is 0 Å². The van der Waals surface area contributed by atoms with Crippen LogP contribution >= 0.6 is 0 Å². The van der Waals surface area contributed by atoms with Crippen LogP contribution in [0.5, 0.6) is 11.5 Å². The minimum absolute atomic E-state index is 0.172. The number of nitrogens with one attached hydrogen (secondary N) is 1. The Morgan fingerprint density at radius 1 is 1.00 bits per heavy atom. The Balaban J connectivity index is 1.89. The van der Waals surface area contributed by atoms with Crippen molar-refractivity contribution in [2.75, 3.05) is 7.11 Å². The van der Waals surface area contributed by atoms with Gasteiger partial charge < -0.3 is 15.2 Å². The normalized spacial score (nSPS) is 10.9. The van der Waals surface area contributed by atoms with Crippen LogP contribution < -0.4 is 10.1 Å². The summed E-state index contributed by atoms with van der Waals surface area (Å²) in [5.74, 6) is 1.25. The maximum Gasteiger partial charge on any atom is 0.160 e. The van der Waals surface area contributed by atoms with Gasteiger partial charge >= 0.3 is 0 Å². The van der Waals surface area contributed by atoms with E-state index in [4.69, 9.17) is 4.74 Å². The molecule has 2 rings (SSSR count). The van der Waals surface area contributed by atoms with Gasteiger partial charge in [-0.1, -0.05) is 44.2 Å². The summed E-state index contributed by atoms with van der Waals surface area (Å²) in [7, 11) is 1.56. The zero-order valence-corrected chi connectivity index (χ0v) is 12.9. The minimum Gasteiger partial charge on any atom is -0.504 e. The third-order valence-corrected chi connectivity index (χ3v) is 3.55. The maximum atomic E-state index is 9.56. The molecule has 2 N–H and O–H groups in total. The molecular formula is C18H23NO2. The van der Waals surface area contributed by atoms with E-state index in [-0.39, 0.29) is 5.75 Å². The summed E-state index contributed by atoms with van der Waals surface area (Å²) >= 11 is 0. The van der Waals surface area contributed by atoms with E-state index in [1.807, 2.05) is 12.1 Å². The Hall–Kier alpha value is -2.00. The van der Waals surface area contributed by atoms with Crippen LogP contribution in [0, 0.1) is 0 Å². The molecule has 0 saturated carbocycles. The number of rotatable bonds is 6. The zero-order chi connectivity index (χ0) is 15.2. The number of aromatic hydroxyl groups is 1. The number of phenols is 1. The van der Waals surface area contributed by atoms with Gasteiger partial charge in [0.25, 0.3) is 0 Å². The highest BCUT2D eigenvalue weighted by Crippen LogP contribution is 2.26. The maximum absolute atomic E-state index is 9.56. The third-order valence-electron chi connectivity index (χ3n) is 3.55. The number of hydrogen-bond donors (Lipinski definition) is 2. The standard InChI is InChI=1S/C18H23NO2/c1-13(2)16-7-4-14(5-8-16)11-19-12-15-6-9-17(20)18(10-15)21-3/h4-10,13,19-20H,11-12H2,1-3H3. The van der Waals surface area contributed by atoms with Crippen molar-refractivity contribution in [1.29, 1.82) is 0 Å². The summed E-state index contributed by atoms with van der Waals surface area (Å²) in [6, 6.07) is 14.1. The lowest BCUT2D eigenvalue weighted by Gasteiger charge is -2.09. The van der Waals surface area contributed by atoms with Crippen LogP contribution in [-0.2, 0) is 13.1 Å². The van der Waals surface area contributed by atoms with E-state index in [2.05, 4.69) is 43.4 Å². The zero-order valence-electron chi connectivity index (χ0n) is 12.9. The van der Waals surface area contributed by atoms with Gasteiger partial charge in [-0.2, -0.15) is 0 Å². The minimum atomic E-state index is 0.172. The molecule has 0 amide bonds. The monoisotopic (exact) mass is 285 g/mol. The van der Waals surface area contributed by atoms with Crippen molar-refractivity contribution in [3.63, 3.8) is 0 Å². The lowest BCUT2D eigenvalue weighted by Crippen LogP contribution is -2.12. The molecule has 0 unspecified atom stereocenters. The summed E-state index contributed by atoms with van der Waals surface area (Å²) in [6.45, 7) is 5.96. The van der Waals surface area contributed by atoms with Crippen molar-refractivity contribution in [1.82, 2.24) is 5.32 Å². The Morgan fingerprint density at radius 2 is 1.62 bits per heavy atom. The summed E-state index contributed by atoms with van der Waals surface area (Å²) in [5.41, 5.74) is 3.72. The van der Waals surface area contributed by atoms with Crippen molar-refractivity contribution in [2.45, 2.75) is 32.9 Å². The van der Waals surface area contributed by atoms with Gasteiger partial charge in [0.05, 0.1) is 7.11 Å². The highest BCUT2D eigenvalue weighted by Gasteiger charge is 2.03. The molecule has 0 bridgehead atoms. The molecular weight excluding hydrogens is 262 g/mol. The largest absolute Gasteiger partial charge is 0.504 e. The molecule has 0 atom stereocenters. The van der Waals surface area contributed by atoms with Crippen LogP contribution in [0.2, 0.25) is 0 Å². The van der Waals surface area contributed by atoms with Gasteiger partial charge in [0.15, 0.2) is 11.5 Å². The van der Waals surface area contributed by atoms with Crippen molar-refractivity contribution >= 4 is 0 Å². The SMILES string of the molecule is COc1cc(CNCc2ccc(C(C)C)cc2)ccc1O. The quantitative estimate of drug-likeness (QED) is 0.848. The first-order valence-corrected chi connectivity index (χ1v) is 7.25. The van der Waals surface area contributed by atoms with Crippen LogP contribution in [0.1, 0.15) is 36.5 Å². The predicted molar refractivity (Wildman–Crippen MR) is 85.7 cm³/mol. The molecule has 2 aromatic carbocycles. The summed E-state index contributed by atoms with van der Waals surface area (Å²) < 4.78 is 5.11. The van der Waals surface area contributed by atoms with Gasteiger partial charge in [0, 0.05) is 13.1 Å². The predicted octanol–water partition coefficient (Wildman–Crippen LogP) is 3.81.